The quantitative estimate of drug-likeness (QED) is 0.875. The average Bonchev–Trinajstić information content (AvgIpc) is 3.28. The Bertz CT molecular complexity index is 707. The Morgan fingerprint density at radius 1 is 1.29 bits per heavy atom. The first-order chi connectivity index (χ1) is 11.2. The maximum atomic E-state index is 12.5. The van der Waals surface area contributed by atoms with Crippen LogP contribution in [0.15, 0.2) is 36.4 Å². The maximum Gasteiger partial charge on any atom is 0.228 e. The predicted octanol–water partition coefficient (Wildman–Crippen LogP) is 2.97. The van der Waals surface area contributed by atoms with Crippen molar-refractivity contribution >= 4 is 24.1 Å². The SMILES string of the molecule is CC(C(=O)Nc1cc(C2CC2)nn1-c1ccccc1)C1CNC1.Cl. The molecule has 6 heteroatoms. The third-order valence-corrected chi connectivity index (χ3v) is 4.91. The molecule has 4 rings (SSSR count). The van der Waals surface area contributed by atoms with E-state index in [0.717, 1.165) is 30.3 Å². The van der Waals surface area contributed by atoms with Gasteiger partial charge in [-0.25, -0.2) is 4.68 Å². The summed E-state index contributed by atoms with van der Waals surface area (Å²) >= 11 is 0. The van der Waals surface area contributed by atoms with Crippen molar-refractivity contribution in [1.29, 1.82) is 0 Å². The first-order valence-electron chi connectivity index (χ1n) is 8.39. The van der Waals surface area contributed by atoms with Gasteiger partial charge in [0.2, 0.25) is 5.91 Å². The standard InChI is InChI=1S/C18H22N4O.ClH/c1-12(14-10-19-11-14)18(23)20-17-9-16(13-7-8-13)21-22(17)15-5-3-2-4-6-15;/h2-6,9,12-14,19H,7-8,10-11H2,1H3,(H,20,23);1H. The van der Waals surface area contributed by atoms with Gasteiger partial charge in [-0.1, -0.05) is 25.1 Å². The zero-order valence-corrected chi connectivity index (χ0v) is 14.6. The lowest BCUT2D eigenvalue weighted by Gasteiger charge is -2.31. The Balaban J connectivity index is 0.00000169. The molecule has 1 aromatic heterocycles. The number of rotatable bonds is 5. The van der Waals surface area contributed by atoms with E-state index in [4.69, 9.17) is 5.10 Å². The number of aromatic nitrogens is 2. The smallest absolute Gasteiger partial charge is 0.228 e. The topological polar surface area (TPSA) is 59.0 Å². The summed E-state index contributed by atoms with van der Waals surface area (Å²) in [6, 6.07) is 12.0. The predicted molar refractivity (Wildman–Crippen MR) is 96.9 cm³/mol. The molecule has 0 bridgehead atoms. The minimum atomic E-state index is 0. The number of carbonyl (C=O) groups is 1. The number of para-hydroxylation sites is 1. The van der Waals surface area contributed by atoms with Gasteiger partial charge in [0, 0.05) is 17.9 Å². The molecule has 2 N–H and O–H groups in total. The normalized spacial score (nSPS) is 18.4. The monoisotopic (exact) mass is 346 g/mol. The van der Waals surface area contributed by atoms with E-state index in [1.165, 1.54) is 12.8 Å². The van der Waals surface area contributed by atoms with Crippen LogP contribution in [-0.4, -0.2) is 28.8 Å². The highest BCUT2D eigenvalue weighted by molar-refractivity contribution is 5.92. The van der Waals surface area contributed by atoms with Crippen molar-refractivity contribution in [3.63, 3.8) is 0 Å². The Morgan fingerprint density at radius 2 is 2.00 bits per heavy atom. The highest BCUT2D eigenvalue weighted by Gasteiger charge is 2.31. The molecule has 1 saturated carbocycles. The van der Waals surface area contributed by atoms with Gasteiger partial charge in [-0.2, -0.15) is 5.10 Å². The summed E-state index contributed by atoms with van der Waals surface area (Å²) in [5.74, 6) is 1.87. The summed E-state index contributed by atoms with van der Waals surface area (Å²) in [6.45, 7) is 3.87. The second kappa shape index (κ2) is 6.95. The van der Waals surface area contributed by atoms with Crippen molar-refractivity contribution in [3.8, 4) is 5.69 Å². The van der Waals surface area contributed by atoms with Gasteiger partial charge >= 0.3 is 0 Å². The molecule has 1 aliphatic heterocycles. The van der Waals surface area contributed by atoms with Crippen molar-refractivity contribution in [1.82, 2.24) is 15.1 Å². The van der Waals surface area contributed by atoms with Crippen LogP contribution < -0.4 is 10.6 Å². The van der Waals surface area contributed by atoms with Gasteiger partial charge in [0.05, 0.1) is 11.4 Å². The van der Waals surface area contributed by atoms with E-state index in [9.17, 15) is 4.79 Å². The Morgan fingerprint density at radius 3 is 2.58 bits per heavy atom. The number of nitrogens with one attached hydrogen (secondary N) is 2. The first kappa shape index (κ1) is 17.0. The lowest BCUT2D eigenvalue weighted by Crippen LogP contribution is -2.48. The Hall–Kier alpha value is -1.85. The molecule has 1 aromatic carbocycles. The van der Waals surface area contributed by atoms with Crippen molar-refractivity contribution in [2.45, 2.75) is 25.7 Å². The maximum absolute atomic E-state index is 12.5. The van der Waals surface area contributed by atoms with E-state index in [2.05, 4.69) is 10.6 Å². The van der Waals surface area contributed by atoms with Gasteiger partial charge in [-0.05, 0) is 44.0 Å². The number of hydrogen-bond donors (Lipinski definition) is 2. The molecular weight excluding hydrogens is 324 g/mol. The van der Waals surface area contributed by atoms with E-state index < -0.39 is 0 Å². The highest BCUT2D eigenvalue weighted by atomic mass is 35.5. The number of halogens is 1. The molecule has 24 heavy (non-hydrogen) atoms. The van der Waals surface area contributed by atoms with E-state index >= 15 is 0 Å². The number of nitrogens with zero attached hydrogens (tertiary/aromatic N) is 2. The van der Waals surface area contributed by atoms with E-state index in [1.807, 2.05) is 48.0 Å². The van der Waals surface area contributed by atoms with Crippen molar-refractivity contribution in [2.24, 2.45) is 11.8 Å². The molecule has 1 amide bonds. The highest BCUT2D eigenvalue weighted by Crippen LogP contribution is 2.40. The van der Waals surface area contributed by atoms with Crippen LogP contribution in [0, 0.1) is 11.8 Å². The van der Waals surface area contributed by atoms with Gasteiger partial charge < -0.3 is 10.6 Å². The van der Waals surface area contributed by atoms with Crippen LogP contribution in [-0.2, 0) is 4.79 Å². The average molecular weight is 347 g/mol. The molecule has 2 fully saturated rings. The van der Waals surface area contributed by atoms with Crippen LogP contribution in [0.4, 0.5) is 5.82 Å². The van der Waals surface area contributed by atoms with E-state index in [0.29, 0.717) is 11.8 Å². The van der Waals surface area contributed by atoms with Gasteiger partial charge in [-0.15, -0.1) is 12.4 Å². The molecule has 1 atom stereocenters. The molecule has 0 spiro atoms. The molecule has 2 aromatic rings. The zero-order valence-electron chi connectivity index (χ0n) is 13.7. The van der Waals surface area contributed by atoms with Gasteiger partial charge in [0.1, 0.15) is 5.82 Å². The molecule has 5 nitrogen and oxygen atoms in total. The van der Waals surface area contributed by atoms with Crippen LogP contribution in [0.25, 0.3) is 5.69 Å². The third-order valence-electron chi connectivity index (χ3n) is 4.91. The summed E-state index contributed by atoms with van der Waals surface area (Å²) in [4.78, 5) is 12.5. The van der Waals surface area contributed by atoms with Crippen molar-refractivity contribution in [2.75, 3.05) is 18.4 Å². The summed E-state index contributed by atoms with van der Waals surface area (Å²) < 4.78 is 1.86. The molecule has 1 saturated heterocycles. The fraction of sp³-hybridized carbons (Fsp3) is 0.444. The minimum absolute atomic E-state index is 0. The van der Waals surface area contributed by atoms with Crippen molar-refractivity contribution < 1.29 is 4.79 Å². The van der Waals surface area contributed by atoms with Gasteiger partial charge in [0.25, 0.3) is 0 Å². The largest absolute Gasteiger partial charge is 0.316 e. The van der Waals surface area contributed by atoms with Crippen LogP contribution in [0.3, 0.4) is 0 Å². The number of benzene rings is 1. The summed E-state index contributed by atoms with van der Waals surface area (Å²) in [6.07, 6.45) is 2.40. The Labute approximate surface area is 148 Å². The first-order valence-corrected chi connectivity index (χ1v) is 8.39. The summed E-state index contributed by atoms with van der Waals surface area (Å²) in [5.41, 5.74) is 2.06. The number of amides is 1. The lowest BCUT2D eigenvalue weighted by molar-refractivity contribution is -0.121. The van der Waals surface area contributed by atoms with Crippen LogP contribution >= 0.6 is 12.4 Å². The van der Waals surface area contributed by atoms with Gasteiger partial charge in [-0.3, -0.25) is 4.79 Å². The summed E-state index contributed by atoms with van der Waals surface area (Å²) in [5, 5.41) is 11.0. The molecule has 128 valence electrons. The molecule has 1 aliphatic carbocycles. The fourth-order valence-electron chi connectivity index (χ4n) is 2.95. The number of anilines is 1. The van der Waals surface area contributed by atoms with Crippen molar-refractivity contribution in [3.05, 3.63) is 42.1 Å². The van der Waals surface area contributed by atoms with Gasteiger partial charge in [0.15, 0.2) is 0 Å². The number of carbonyl (C=O) groups excluding carboxylic acids is 1. The lowest BCUT2D eigenvalue weighted by atomic mass is 9.88. The number of hydrogen-bond acceptors (Lipinski definition) is 3. The van der Waals surface area contributed by atoms with E-state index in [1.54, 1.807) is 0 Å². The van der Waals surface area contributed by atoms with E-state index in [-0.39, 0.29) is 24.2 Å². The van der Waals surface area contributed by atoms with Crippen LogP contribution in [0.1, 0.15) is 31.4 Å². The molecule has 2 heterocycles. The molecule has 0 radical (unpaired) electrons. The summed E-state index contributed by atoms with van der Waals surface area (Å²) in [7, 11) is 0. The molecular formula is C18H23ClN4O. The fourth-order valence-corrected chi connectivity index (χ4v) is 2.95. The second-order valence-corrected chi connectivity index (χ2v) is 6.67. The molecule has 2 aliphatic rings. The molecule has 1 unspecified atom stereocenters. The van der Waals surface area contributed by atoms with Crippen LogP contribution in [0.2, 0.25) is 0 Å². The minimum Gasteiger partial charge on any atom is -0.316 e. The second-order valence-electron chi connectivity index (χ2n) is 6.67. The van der Waals surface area contributed by atoms with Crippen LogP contribution in [0.5, 0.6) is 0 Å². The Kier molecular flexibility index (Phi) is 4.92. The zero-order chi connectivity index (χ0) is 15.8. The third kappa shape index (κ3) is 3.32.